The predicted molar refractivity (Wildman–Crippen MR) is 78.3 cm³/mol. The lowest BCUT2D eigenvalue weighted by atomic mass is 9.89. The van der Waals surface area contributed by atoms with Crippen LogP contribution in [0.25, 0.3) is 0 Å². The van der Waals surface area contributed by atoms with Crippen LogP contribution in [0.2, 0.25) is 0 Å². The lowest BCUT2D eigenvalue weighted by Crippen LogP contribution is -2.41. The van der Waals surface area contributed by atoms with Crippen LogP contribution in [-0.2, 0) is 15.4 Å². The highest BCUT2D eigenvalue weighted by atomic mass is 79.9. The summed E-state index contributed by atoms with van der Waals surface area (Å²) in [7, 11) is -3.43. The van der Waals surface area contributed by atoms with Gasteiger partial charge in [-0.1, -0.05) is 48.8 Å². The van der Waals surface area contributed by atoms with Crippen molar-refractivity contribution in [1.82, 2.24) is 4.72 Å². The molecular formula is C13H20BrNO2S. The summed E-state index contributed by atoms with van der Waals surface area (Å²) < 4.78 is 27.0. The first-order chi connectivity index (χ1) is 8.16. The Labute approximate surface area is 118 Å². The van der Waals surface area contributed by atoms with Crippen LogP contribution in [0.4, 0.5) is 0 Å². The van der Waals surface area contributed by atoms with E-state index in [9.17, 15) is 8.42 Å². The Morgan fingerprint density at radius 3 is 2.11 bits per heavy atom. The SMILES string of the molecule is CC(NS(=O)(=O)c1ccc(CBr)cc1)C(C)(C)C. The van der Waals surface area contributed by atoms with Gasteiger partial charge in [-0.05, 0) is 30.0 Å². The molecule has 5 heteroatoms. The standard InChI is InChI=1S/C13H20BrNO2S/c1-10(13(2,3)4)15-18(16,17)12-7-5-11(9-14)6-8-12/h5-8,10,15H,9H2,1-4H3. The zero-order valence-electron chi connectivity index (χ0n) is 11.2. The molecule has 18 heavy (non-hydrogen) atoms. The molecule has 0 aliphatic rings. The van der Waals surface area contributed by atoms with Gasteiger partial charge in [0.05, 0.1) is 4.90 Å². The van der Waals surface area contributed by atoms with E-state index in [1.54, 1.807) is 12.1 Å². The Kier molecular flexibility index (Phi) is 4.98. The average molecular weight is 334 g/mol. The van der Waals surface area contributed by atoms with Gasteiger partial charge in [-0.25, -0.2) is 13.1 Å². The Balaban J connectivity index is 2.93. The lowest BCUT2D eigenvalue weighted by molar-refractivity contribution is 0.317. The molecule has 0 amide bonds. The zero-order valence-corrected chi connectivity index (χ0v) is 13.6. The maximum atomic E-state index is 12.2. The van der Waals surface area contributed by atoms with E-state index in [4.69, 9.17) is 0 Å². The van der Waals surface area contributed by atoms with E-state index in [1.807, 2.05) is 39.8 Å². The van der Waals surface area contributed by atoms with E-state index < -0.39 is 10.0 Å². The Morgan fingerprint density at radius 2 is 1.72 bits per heavy atom. The van der Waals surface area contributed by atoms with E-state index in [-0.39, 0.29) is 11.5 Å². The van der Waals surface area contributed by atoms with Crippen molar-refractivity contribution in [3.8, 4) is 0 Å². The number of halogens is 1. The van der Waals surface area contributed by atoms with Gasteiger partial charge in [0.25, 0.3) is 0 Å². The van der Waals surface area contributed by atoms with Crippen molar-refractivity contribution in [1.29, 1.82) is 0 Å². The molecule has 1 N–H and O–H groups in total. The van der Waals surface area contributed by atoms with Gasteiger partial charge < -0.3 is 0 Å². The first-order valence-electron chi connectivity index (χ1n) is 5.84. The highest BCUT2D eigenvalue weighted by molar-refractivity contribution is 9.08. The molecule has 3 nitrogen and oxygen atoms in total. The summed E-state index contributed by atoms with van der Waals surface area (Å²) in [5.74, 6) is 0. The fraction of sp³-hybridized carbons (Fsp3) is 0.538. The van der Waals surface area contributed by atoms with Crippen molar-refractivity contribution >= 4 is 26.0 Å². The van der Waals surface area contributed by atoms with Crippen LogP contribution in [0.5, 0.6) is 0 Å². The summed E-state index contributed by atoms with van der Waals surface area (Å²) in [6, 6.07) is 6.76. The third-order valence-electron chi connectivity index (χ3n) is 3.02. The molecule has 0 aliphatic heterocycles. The van der Waals surface area contributed by atoms with Gasteiger partial charge in [-0.15, -0.1) is 0 Å². The number of rotatable bonds is 4. The van der Waals surface area contributed by atoms with Crippen molar-refractivity contribution in [3.05, 3.63) is 29.8 Å². The lowest BCUT2D eigenvalue weighted by Gasteiger charge is -2.27. The highest BCUT2D eigenvalue weighted by Gasteiger charge is 2.25. The van der Waals surface area contributed by atoms with E-state index in [2.05, 4.69) is 20.7 Å². The molecule has 0 saturated carbocycles. The van der Waals surface area contributed by atoms with E-state index in [1.165, 1.54) is 0 Å². The maximum absolute atomic E-state index is 12.2. The first-order valence-corrected chi connectivity index (χ1v) is 8.44. The summed E-state index contributed by atoms with van der Waals surface area (Å²) in [4.78, 5) is 0.309. The predicted octanol–water partition coefficient (Wildman–Crippen LogP) is 3.29. The second-order valence-electron chi connectivity index (χ2n) is 5.49. The Hall–Kier alpha value is -0.390. The van der Waals surface area contributed by atoms with Gasteiger partial charge >= 0.3 is 0 Å². The summed E-state index contributed by atoms with van der Waals surface area (Å²) in [5.41, 5.74) is 0.945. The van der Waals surface area contributed by atoms with Crippen LogP contribution in [0, 0.1) is 5.41 Å². The van der Waals surface area contributed by atoms with Crippen LogP contribution < -0.4 is 4.72 Å². The molecule has 1 aromatic rings. The topological polar surface area (TPSA) is 46.2 Å². The van der Waals surface area contributed by atoms with Crippen LogP contribution in [-0.4, -0.2) is 14.5 Å². The van der Waals surface area contributed by atoms with Crippen molar-refractivity contribution in [2.75, 3.05) is 0 Å². The van der Waals surface area contributed by atoms with Gasteiger partial charge in [-0.2, -0.15) is 0 Å². The third-order valence-corrected chi connectivity index (χ3v) is 5.22. The quantitative estimate of drug-likeness (QED) is 0.859. The van der Waals surface area contributed by atoms with Crippen molar-refractivity contribution in [2.24, 2.45) is 5.41 Å². The van der Waals surface area contributed by atoms with Gasteiger partial charge in [0, 0.05) is 11.4 Å². The molecule has 1 unspecified atom stereocenters. The third kappa shape index (κ3) is 4.07. The van der Waals surface area contributed by atoms with E-state index in [0.29, 0.717) is 4.90 Å². The Morgan fingerprint density at radius 1 is 1.22 bits per heavy atom. The van der Waals surface area contributed by atoms with Crippen molar-refractivity contribution in [2.45, 2.75) is 44.0 Å². The second kappa shape index (κ2) is 5.72. The Bertz CT molecular complexity index is 489. The highest BCUT2D eigenvalue weighted by Crippen LogP contribution is 2.21. The second-order valence-corrected chi connectivity index (χ2v) is 7.76. The molecule has 102 valence electrons. The minimum atomic E-state index is -3.43. The molecule has 1 aromatic carbocycles. The average Bonchev–Trinajstić information content (AvgIpc) is 2.27. The number of hydrogen-bond acceptors (Lipinski definition) is 2. The number of benzene rings is 1. The van der Waals surface area contributed by atoms with E-state index in [0.717, 1.165) is 10.9 Å². The fourth-order valence-electron chi connectivity index (χ4n) is 1.24. The van der Waals surface area contributed by atoms with E-state index >= 15 is 0 Å². The molecule has 0 aliphatic carbocycles. The molecule has 0 bridgehead atoms. The largest absolute Gasteiger partial charge is 0.240 e. The van der Waals surface area contributed by atoms with Crippen molar-refractivity contribution < 1.29 is 8.42 Å². The van der Waals surface area contributed by atoms with Gasteiger partial charge in [0.1, 0.15) is 0 Å². The van der Waals surface area contributed by atoms with Gasteiger partial charge in [0.2, 0.25) is 10.0 Å². The first kappa shape index (κ1) is 15.7. The smallest absolute Gasteiger partial charge is 0.208 e. The summed E-state index contributed by atoms with van der Waals surface area (Å²) >= 11 is 3.33. The number of hydrogen-bond donors (Lipinski definition) is 1. The van der Waals surface area contributed by atoms with Gasteiger partial charge in [-0.3, -0.25) is 0 Å². The molecule has 0 fully saturated rings. The molecule has 0 saturated heterocycles. The van der Waals surface area contributed by atoms with Crippen molar-refractivity contribution in [3.63, 3.8) is 0 Å². The summed E-state index contributed by atoms with van der Waals surface area (Å²) in [5, 5.41) is 0.721. The zero-order chi connectivity index (χ0) is 14.0. The number of alkyl halides is 1. The normalized spacial score (nSPS) is 14.5. The molecular weight excluding hydrogens is 314 g/mol. The molecule has 0 heterocycles. The molecule has 0 spiro atoms. The number of nitrogens with one attached hydrogen (secondary N) is 1. The van der Waals surface area contributed by atoms with Gasteiger partial charge in [0.15, 0.2) is 0 Å². The minimum Gasteiger partial charge on any atom is -0.208 e. The maximum Gasteiger partial charge on any atom is 0.240 e. The van der Waals surface area contributed by atoms with Crippen LogP contribution in [0.3, 0.4) is 0 Å². The summed E-state index contributed by atoms with van der Waals surface area (Å²) in [6.07, 6.45) is 0. The monoisotopic (exact) mass is 333 g/mol. The van der Waals surface area contributed by atoms with Crippen LogP contribution >= 0.6 is 15.9 Å². The summed E-state index contributed by atoms with van der Waals surface area (Å²) in [6.45, 7) is 7.90. The fourth-order valence-corrected chi connectivity index (χ4v) is 3.06. The number of sulfonamides is 1. The molecule has 0 aromatic heterocycles. The molecule has 1 atom stereocenters. The van der Waals surface area contributed by atoms with Crippen LogP contribution in [0.1, 0.15) is 33.3 Å². The molecule has 1 rings (SSSR count). The van der Waals surface area contributed by atoms with Crippen LogP contribution in [0.15, 0.2) is 29.2 Å². The molecule has 0 radical (unpaired) electrons. The minimum absolute atomic E-state index is 0.108.